The van der Waals surface area contributed by atoms with E-state index in [1.54, 1.807) is 29.6 Å². The molecule has 0 aliphatic carbocycles. The van der Waals surface area contributed by atoms with E-state index in [9.17, 15) is 4.79 Å². The first kappa shape index (κ1) is 15.3. The summed E-state index contributed by atoms with van der Waals surface area (Å²) >= 11 is 4.59. The van der Waals surface area contributed by atoms with Crippen molar-refractivity contribution < 1.29 is 9.90 Å². The minimum Gasteiger partial charge on any atom is -0.384 e. The Morgan fingerprint density at radius 3 is 2.90 bits per heavy atom. The molecule has 1 aromatic carbocycles. The molecule has 0 unspecified atom stereocenters. The highest BCUT2D eigenvalue weighted by molar-refractivity contribution is 9.10. The number of halogens is 1. The van der Waals surface area contributed by atoms with Gasteiger partial charge in [0, 0.05) is 10.0 Å². The third kappa shape index (κ3) is 3.71. The highest BCUT2D eigenvalue weighted by atomic mass is 79.9. The number of nitrogens with one attached hydrogen (secondary N) is 1. The van der Waals surface area contributed by atoms with Crippen molar-refractivity contribution >= 4 is 38.9 Å². The number of carbonyl (C=O) groups is 1. The van der Waals surface area contributed by atoms with Crippen LogP contribution in [0.25, 0.3) is 0 Å². The summed E-state index contributed by atoms with van der Waals surface area (Å²) in [6, 6.07) is 8.68. The van der Waals surface area contributed by atoms with Crippen LogP contribution in [0.3, 0.4) is 0 Å². The van der Waals surface area contributed by atoms with Crippen molar-refractivity contribution in [2.75, 3.05) is 11.9 Å². The summed E-state index contributed by atoms with van der Waals surface area (Å²) in [5.41, 5.74) is 1.66. The van der Waals surface area contributed by atoms with Crippen LogP contribution in [0.4, 0.5) is 5.69 Å². The van der Waals surface area contributed by atoms with Gasteiger partial charge in [-0.2, -0.15) is 5.26 Å². The number of aliphatic hydroxyl groups excluding tert-OH is 1. The van der Waals surface area contributed by atoms with E-state index < -0.39 is 0 Å². The van der Waals surface area contributed by atoms with Crippen LogP contribution < -0.4 is 5.32 Å². The number of nitrogens with zero attached hydrogens (tertiary/aromatic N) is 1. The Bertz CT molecular complexity index is 781. The second kappa shape index (κ2) is 7.05. The molecule has 1 aromatic heterocycles. The quantitative estimate of drug-likeness (QED) is 0.808. The summed E-state index contributed by atoms with van der Waals surface area (Å²) in [5, 5.41) is 22.1. The van der Waals surface area contributed by atoms with Gasteiger partial charge in [0.25, 0.3) is 5.91 Å². The molecule has 104 valence electrons. The lowest BCUT2D eigenvalue weighted by Crippen LogP contribution is -2.12. The van der Waals surface area contributed by atoms with Crippen molar-refractivity contribution in [3.63, 3.8) is 0 Å². The Labute approximate surface area is 134 Å². The van der Waals surface area contributed by atoms with Crippen molar-refractivity contribution in [1.29, 1.82) is 5.26 Å². The predicted molar refractivity (Wildman–Crippen MR) is 85.1 cm³/mol. The van der Waals surface area contributed by atoms with E-state index in [1.807, 2.05) is 6.07 Å². The zero-order valence-electron chi connectivity index (χ0n) is 10.7. The van der Waals surface area contributed by atoms with Crippen LogP contribution in [-0.2, 0) is 0 Å². The maximum Gasteiger partial charge on any atom is 0.267 e. The van der Waals surface area contributed by atoms with Crippen LogP contribution in [0.15, 0.2) is 34.1 Å². The molecule has 0 saturated carbocycles. The number of benzene rings is 1. The van der Waals surface area contributed by atoms with Crippen LogP contribution in [-0.4, -0.2) is 17.6 Å². The summed E-state index contributed by atoms with van der Waals surface area (Å²) in [5.74, 6) is 4.98. The van der Waals surface area contributed by atoms with Gasteiger partial charge < -0.3 is 10.4 Å². The fraction of sp³-hybridized carbons (Fsp3) is 0.0667. The average molecular weight is 361 g/mol. The number of amides is 1. The largest absolute Gasteiger partial charge is 0.384 e. The van der Waals surface area contributed by atoms with Crippen LogP contribution >= 0.6 is 27.3 Å². The molecule has 0 radical (unpaired) electrons. The van der Waals surface area contributed by atoms with Crippen LogP contribution in [0.1, 0.15) is 20.8 Å². The molecule has 1 heterocycles. The molecule has 2 rings (SSSR count). The van der Waals surface area contributed by atoms with Gasteiger partial charge in [0.05, 0.1) is 17.3 Å². The van der Waals surface area contributed by atoms with Gasteiger partial charge in [-0.25, -0.2) is 0 Å². The van der Waals surface area contributed by atoms with Gasteiger partial charge in [0.1, 0.15) is 11.5 Å². The van der Waals surface area contributed by atoms with Gasteiger partial charge in [-0.1, -0.05) is 11.8 Å². The second-order valence-corrected chi connectivity index (χ2v) is 5.65. The maximum absolute atomic E-state index is 12.2. The SMILES string of the molecule is N#Cc1ccc(NC(=O)c2sccc2C#CCO)c(Br)c1. The molecule has 0 bridgehead atoms. The first-order valence-corrected chi connectivity index (χ1v) is 7.51. The molecule has 1 amide bonds. The molecule has 0 saturated heterocycles. The van der Waals surface area contributed by atoms with E-state index in [4.69, 9.17) is 10.4 Å². The van der Waals surface area contributed by atoms with Crippen molar-refractivity contribution in [3.05, 3.63) is 50.1 Å². The van der Waals surface area contributed by atoms with Crippen molar-refractivity contribution in [1.82, 2.24) is 0 Å². The fourth-order valence-electron chi connectivity index (χ4n) is 1.58. The molecule has 2 N–H and O–H groups in total. The maximum atomic E-state index is 12.2. The summed E-state index contributed by atoms with van der Waals surface area (Å²) in [6.45, 7) is -0.252. The molecule has 6 heteroatoms. The lowest BCUT2D eigenvalue weighted by molar-refractivity contribution is 0.103. The lowest BCUT2D eigenvalue weighted by atomic mass is 10.2. The van der Waals surface area contributed by atoms with Crippen molar-refractivity contribution in [2.45, 2.75) is 0 Å². The van der Waals surface area contributed by atoms with E-state index in [2.05, 4.69) is 33.1 Å². The monoisotopic (exact) mass is 360 g/mol. The Kier molecular flexibility index (Phi) is 5.13. The number of hydrogen-bond acceptors (Lipinski definition) is 4. The Balaban J connectivity index is 2.23. The second-order valence-electron chi connectivity index (χ2n) is 3.88. The van der Waals surface area contributed by atoms with E-state index in [0.29, 0.717) is 26.2 Å². The van der Waals surface area contributed by atoms with Gasteiger partial charge in [-0.15, -0.1) is 11.3 Å². The summed E-state index contributed by atoms with van der Waals surface area (Å²) < 4.78 is 0.634. The van der Waals surface area contributed by atoms with Crippen LogP contribution in [0.5, 0.6) is 0 Å². The standard InChI is InChI=1S/C15H9BrN2O2S/c16-12-8-10(9-17)3-4-13(12)18-15(20)14-11(2-1-6-19)5-7-21-14/h3-5,7-8,19H,6H2,(H,18,20). The number of anilines is 1. The average Bonchev–Trinajstić information content (AvgIpc) is 2.95. The normalized spacial score (nSPS) is 9.38. The number of rotatable bonds is 2. The van der Waals surface area contributed by atoms with E-state index in [1.165, 1.54) is 11.3 Å². The number of carbonyl (C=O) groups excluding carboxylic acids is 1. The van der Waals surface area contributed by atoms with E-state index in [0.717, 1.165) is 0 Å². The fourth-order valence-corrected chi connectivity index (χ4v) is 2.81. The van der Waals surface area contributed by atoms with Crippen LogP contribution in [0, 0.1) is 23.2 Å². The van der Waals surface area contributed by atoms with Gasteiger partial charge in [0.2, 0.25) is 0 Å². The highest BCUT2D eigenvalue weighted by Crippen LogP contribution is 2.25. The van der Waals surface area contributed by atoms with Crippen LogP contribution in [0.2, 0.25) is 0 Å². The van der Waals surface area contributed by atoms with Crippen molar-refractivity contribution in [2.24, 2.45) is 0 Å². The number of thiophene rings is 1. The highest BCUT2D eigenvalue weighted by Gasteiger charge is 2.13. The van der Waals surface area contributed by atoms with E-state index >= 15 is 0 Å². The molecule has 0 aliphatic heterocycles. The molecular weight excluding hydrogens is 352 g/mol. The first-order chi connectivity index (χ1) is 10.2. The molecule has 0 atom stereocenters. The molecule has 0 aliphatic rings. The first-order valence-electron chi connectivity index (χ1n) is 5.84. The minimum atomic E-state index is -0.280. The predicted octanol–water partition coefficient (Wildman–Crippen LogP) is 2.98. The van der Waals surface area contributed by atoms with Gasteiger partial charge in [-0.3, -0.25) is 4.79 Å². The molecule has 0 fully saturated rings. The Hall–Kier alpha value is -2.12. The molecule has 4 nitrogen and oxygen atoms in total. The topological polar surface area (TPSA) is 73.1 Å². The molecule has 0 spiro atoms. The zero-order chi connectivity index (χ0) is 15.2. The van der Waals surface area contributed by atoms with Gasteiger partial charge >= 0.3 is 0 Å². The van der Waals surface area contributed by atoms with Gasteiger partial charge in [0.15, 0.2) is 0 Å². The Morgan fingerprint density at radius 2 is 2.24 bits per heavy atom. The minimum absolute atomic E-state index is 0.252. The molecule has 21 heavy (non-hydrogen) atoms. The van der Waals surface area contributed by atoms with E-state index in [-0.39, 0.29) is 12.5 Å². The number of nitriles is 1. The zero-order valence-corrected chi connectivity index (χ0v) is 13.1. The number of hydrogen-bond donors (Lipinski definition) is 2. The summed E-state index contributed by atoms with van der Waals surface area (Å²) in [6.07, 6.45) is 0. The Morgan fingerprint density at radius 1 is 1.43 bits per heavy atom. The summed E-state index contributed by atoms with van der Waals surface area (Å²) in [7, 11) is 0. The summed E-state index contributed by atoms with van der Waals surface area (Å²) in [4.78, 5) is 12.7. The molecule has 2 aromatic rings. The lowest BCUT2D eigenvalue weighted by Gasteiger charge is -2.06. The molecular formula is C15H9BrN2O2S. The smallest absolute Gasteiger partial charge is 0.267 e. The third-order valence-electron chi connectivity index (χ3n) is 2.52. The number of aliphatic hydroxyl groups is 1. The van der Waals surface area contributed by atoms with Gasteiger partial charge in [-0.05, 0) is 45.6 Å². The van der Waals surface area contributed by atoms with Crippen molar-refractivity contribution in [3.8, 4) is 17.9 Å². The third-order valence-corrected chi connectivity index (χ3v) is 4.09.